The number of ether oxygens (including phenoxy) is 1. The van der Waals surface area contributed by atoms with Crippen molar-refractivity contribution in [2.45, 2.75) is 12.7 Å². The first-order valence-electron chi connectivity index (χ1n) is 9.24. The van der Waals surface area contributed by atoms with E-state index in [1.807, 2.05) is 0 Å². The first kappa shape index (κ1) is 21.1. The Bertz CT molecular complexity index is 1320. The third kappa shape index (κ3) is 4.17. The highest BCUT2D eigenvalue weighted by molar-refractivity contribution is 5.79. The molecule has 8 nitrogen and oxygen atoms in total. The molecule has 32 heavy (non-hydrogen) atoms. The summed E-state index contributed by atoms with van der Waals surface area (Å²) in [5.41, 5.74) is 0.654. The van der Waals surface area contributed by atoms with E-state index in [4.69, 9.17) is 4.74 Å². The average Bonchev–Trinajstić information content (AvgIpc) is 3.30. The van der Waals surface area contributed by atoms with Gasteiger partial charge in [0.25, 0.3) is 10.9 Å². The van der Waals surface area contributed by atoms with Crippen LogP contribution < -0.4 is 26.2 Å². The Balaban J connectivity index is 1.44. The van der Waals surface area contributed by atoms with Crippen LogP contribution in [0, 0.1) is 0 Å². The zero-order valence-electron chi connectivity index (χ0n) is 16.5. The van der Waals surface area contributed by atoms with Crippen LogP contribution in [0.5, 0.6) is 5.75 Å². The maximum atomic E-state index is 12.6. The number of anilines is 3. The molecule has 0 spiro atoms. The van der Waals surface area contributed by atoms with Gasteiger partial charge in [0.05, 0.1) is 7.11 Å². The van der Waals surface area contributed by atoms with Crippen molar-refractivity contribution in [3.8, 4) is 17.1 Å². The number of alkyl halides is 3. The van der Waals surface area contributed by atoms with Crippen LogP contribution in [-0.2, 0) is 12.7 Å². The molecule has 0 saturated heterocycles. The van der Waals surface area contributed by atoms with Crippen LogP contribution in [0.3, 0.4) is 0 Å². The topological polar surface area (TPSA) is 106 Å². The molecule has 0 aliphatic rings. The van der Waals surface area contributed by atoms with Crippen LogP contribution in [0.15, 0.2) is 62.6 Å². The lowest BCUT2D eigenvalue weighted by Crippen LogP contribution is -2.36. The number of rotatable bonds is 7. The molecular weight excluding hydrogens is 429 g/mol. The summed E-state index contributed by atoms with van der Waals surface area (Å²) in [5.74, 6) is -1.02. The molecular formula is C21H15F3N4O4. The van der Waals surface area contributed by atoms with Crippen molar-refractivity contribution in [3.05, 3.63) is 80.4 Å². The Labute approximate surface area is 178 Å². The quantitative estimate of drug-likeness (QED) is 0.416. The van der Waals surface area contributed by atoms with E-state index >= 15 is 0 Å². The number of halogens is 3. The highest BCUT2D eigenvalue weighted by atomic mass is 19.4. The Morgan fingerprint density at radius 1 is 1.03 bits per heavy atom. The molecule has 0 fully saturated rings. The molecule has 0 aliphatic carbocycles. The van der Waals surface area contributed by atoms with Crippen LogP contribution in [0.2, 0.25) is 0 Å². The third-order valence-electron chi connectivity index (χ3n) is 4.60. The lowest BCUT2D eigenvalue weighted by molar-refractivity contribution is -0.159. The van der Waals surface area contributed by atoms with Gasteiger partial charge in [-0.1, -0.05) is 35.5 Å². The second-order valence-corrected chi connectivity index (χ2v) is 6.74. The molecule has 0 amide bonds. The molecule has 2 N–H and O–H groups in total. The van der Waals surface area contributed by atoms with E-state index in [-0.39, 0.29) is 23.7 Å². The van der Waals surface area contributed by atoms with Crippen molar-refractivity contribution < 1.29 is 22.4 Å². The Kier molecular flexibility index (Phi) is 5.39. The Morgan fingerprint density at radius 2 is 1.75 bits per heavy atom. The molecule has 0 atom stereocenters. The maximum Gasteiger partial charge on any atom is 0.471 e. The second kappa shape index (κ2) is 8.17. The summed E-state index contributed by atoms with van der Waals surface area (Å²) in [6.07, 6.45) is -4.72. The molecule has 0 radical (unpaired) electrons. The van der Waals surface area contributed by atoms with E-state index in [9.17, 15) is 22.8 Å². The minimum atomic E-state index is -4.72. The summed E-state index contributed by atoms with van der Waals surface area (Å²) in [6, 6.07) is 13.2. The summed E-state index contributed by atoms with van der Waals surface area (Å²) in [5, 5.41) is 9.16. The largest absolute Gasteiger partial charge is 0.497 e. The van der Waals surface area contributed by atoms with Gasteiger partial charge >= 0.3 is 12.1 Å². The maximum absolute atomic E-state index is 12.6. The molecule has 0 unspecified atom stereocenters. The summed E-state index contributed by atoms with van der Waals surface area (Å²) < 4.78 is 47.1. The third-order valence-corrected chi connectivity index (χ3v) is 4.60. The zero-order chi connectivity index (χ0) is 22.9. The Morgan fingerprint density at radius 3 is 2.41 bits per heavy atom. The summed E-state index contributed by atoms with van der Waals surface area (Å²) in [7, 11) is 1.52. The van der Waals surface area contributed by atoms with Crippen molar-refractivity contribution >= 4 is 17.1 Å². The summed E-state index contributed by atoms with van der Waals surface area (Å²) in [6.45, 7) is 0.206. The number of nitrogens with zero attached hydrogens (tertiary/aromatic N) is 2. The monoisotopic (exact) mass is 444 g/mol. The molecule has 4 rings (SSSR count). The van der Waals surface area contributed by atoms with Crippen molar-refractivity contribution in [3.63, 3.8) is 0 Å². The van der Waals surface area contributed by atoms with E-state index in [1.54, 1.807) is 36.4 Å². The average molecular weight is 444 g/mol. The van der Waals surface area contributed by atoms with Crippen LogP contribution in [-0.4, -0.2) is 17.3 Å². The lowest BCUT2D eigenvalue weighted by Gasteiger charge is -2.15. The van der Waals surface area contributed by atoms with E-state index in [0.717, 1.165) is 0 Å². The fraction of sp³-hybridized carbons (Fsp3) is 0.143. The van der Waals surface area contributed by atoms with Crippen LogP contribution in [0.4, 0.5) is 30.2 Å². The first-order valence-corrected chi connectivity index (χ1v) is 9.24. The Hall–Kier alpha value is -4.15. The number of aromatic nitrogens is 2. The first-order chi connectivity index (χ1) is 15.3. The number of benzene rings is 2. The number of hydrogen-bond donors (Lipinski definition) is 2. The molecule has 1 heterocycles. The molecule has 1 aromatic heterocycles. The SMILES string of the molecule is COc1cccc(Nc2c(NCc3ccc(-c4noc(C(F)(F)F)n4)cc3)c(=O)c2=O)c1. The molecule has 0 saturated carbocycles. The van der Waals surface area contributed by atoms with Crippen molar-refractivity contribution in [1.82, 2.24) is 10.1 Å². The molecule has 0 aliphatic heterocycles. The number of methoxy groups -OCH3 is 1. The van der Waals surface area contributed by atoms with Crippen LogP contribution >= 0.6 is 0 Å². The second-order valence-electron chi connectivity index (χ2n) is 6.74. The van der Waals surface area contributed by atoms with Crippen LogP contribution in [0.1, 0.15) is 11.5 Å². The minimum absolute atomic E-state index is 0.145. The highest BCUT2D eigenvalue weighted by Gasteiger charge is 2.38. The smallest absolute Gasteiger partial charge is 0.471 e. The minimum Gasteiger partial charge on any atom is -0.497 e. The number of hydrogen-bond acceptors (Lipinski definition) is 8. The summed E-state index contributed by atoms with van der Waals surface area (Å²) >= 11 is 0. The van der Waals surface area contributed by atoms with Crippen molar-refractivity contribution in [2.75, 3.05) is 17.7 Å². The van der Waals surface area contributed by atoms with Gasteiger partial charge in [-0.05, 0) is 17.7 Å². The van der Waals surface area contributed by atoms with Crippen molar-refractivity contribution in [1.29, 1.82) is 0 Å². The predicted molar refractivity (Wildman–Crippen MR) is 110 cm³/mol. The zero-order valence-corrected chi connectivity index (χ0v) is 16.5. The number of nitrogens with one attached hydrogen (secondary N) is 2. The van der Waals surface area contributed by atoms with Gasteiger partial charge in [-0.3, -0.25) is 9.59 Å². The van der Waals surface area contributed by atoms with Gasteiger partial charge < -0.3 is 19.9 Å². The molecule has 4 aromatic rings. The molecule has 0 bridgehead atoms. The van der Waals surface area contributed by atoms with Gasteiger partial charge in [0.15, 0.2) is 0 Å². The van der Waals surface area contributed by atoms with Gasteiger partial charge in [-0.25, -0.2) is 0 Å². The van der Waals surface area contributed by atoms with E-state index in [0.29, 0.717) is 22.6 Å². The molecule has 11 heteroatoms. The summed E-state index contributed by atoms with van der Waals surface area (Å²) in [4.78, 5) is 27.3. The van der Waals surface area contributed by atoms with E-state index < -0.39 is 22.9 Å². The lowest BCUT2D eigenvalue weighted by atomic mass is 10.1. The van der Waals surface area contributed by atoms with Crippen LogP contribution in [0.25, 0.3) is 11.4 Å². The van der Waals surface area contributed by atoms with E-state index in [1.165, 1.54) is 19.2 Å². The van der Waals surface area contributed by atoms with Gasteiger partial charge in [-0.2, -0.15) is 18.2 Å². The normalized spacial score (nSPS) is 11.5. The molecule has 164 valence electrons. The highest BCUT2D eigenvalue weighted by Crippen LogP contribution is 2.29. The fourth-order valence-electron chi connectivity index (χ4n) is 2.94. The van der Waals surface area contributed by atoms with Gasteiger partial charge in [0, 0.05) is 23.9 Å². The predicted octanol–water partition coefficient (Wildman–Crippen LogP) is 3.72. The van der Waals surface area contributed by atoms with E-state index in [2.05, 4.69) is 25.3 Å². The molecule has 3 aromatic carbocycles. The standard InChI is InChI=1S/C21H15F3N4O4/c1-31-14-4-2-3-13(9-14)26-16-15(17(29)18(16)30)25-10-11-5-7-12(8-6-11)19-27-20(32-28-19)21(22,23)24/h2-9,25-26H,10H2,1H3. The van der Waals surface area contributed by atoms with Gasteiger partial charge in [-0.15, -0.1) is 0 Å². The van der Waals surface area contributed by atoms with Gasteiger partial charge in [0.1, 0.15) is 17.1 Å². The van der Waals surface area contributed by atoms with Crippen molar-refractivity contribution in [2.24, 2.45) is 0 Å². The fourth-order valence-corrected chi connectivity index (χ4v) is 2.94. The van der Waals surface area contributed by atoms with Gasteiger partial charge in [0.2, 0.25) is 5.82 Å².